The number of hydrogen-bond donors (Lipinski definition) is 0. The van der Waals surface area contributed by atoms with Crippen molar-refractivity contribution in [3.8, 4) is 0 Å². The van der Waals surface area contributed by atoms with Gasteiger partial charge in [0.2, 0.25) is 0 Å². The number of carbonyl (C=O) groups excluding carboxylic acids is 1. The zero-order chi connectivity index (χ0) is 15.0. The van der Waals surface area contributed by atoms with Gasteiger partial charge in [0, 0.05) is 17.1 Å². The molecule has 3 nitrogen and oxygen atoms in total. The predicted octanol–water partition coefficient (Wildman–Crippen LogP) is 3.71. The zero-order valence-electron chi connectivity index (χ0n) is 11.4. The standard InChI is InChI=1S/C14H18ClFO3S/c1-2-19-14(17)6-4-3-5-9-20(18)11-7-8-13(16)12(15)10-11/h7-8,10H,2-6,9H2,1H3. The van der Waals surface area contributed by atoms with E-state index >= 15 is 0 Å². The summed E-state index contributed by atoms with van der Waals surface area (Å²) in [4.78, 5) is 11.6. The number of carbonyl (C=O) groups is 1. The Morgan fingerprint density at radius 2 is 2.10 bits per heavy atom. The van der Waals surface area contributed by atoms with Crippen LogP contribution in [-0.4, -0.2) is 22.5 Å². The maximum absolute atomic E-state index is 13.0. The molecule has 0 fully saturated rings. The van der Waals surface area contributed by atoms with Gasteiger partial charge >= 0.3 is 5.97 Å². The summed E-state index contributed by atoms with van der Waals surface area (Å²) in [5.41, 5.74) is 0. The van der Waals surface area contributed by atoms with Crippen molar-refractivity contribution in [2.75, 3.05) is 12.4 Å². The van der Waals surface area contributed by atoms with E-state index < -0.39 is 16.6 Å². The minimum absolute atomic E-state index is 0.0156. The van der Waals surface area contributed by atoms with Gasteiger partial charge in [-0.05, 0) is 38.0 Å². The van der Waals surface area contributed by atoms with Crippen LogP contribution in [0.3, 0.4) is 0 Å². The largest absolute Gasteiger partial charge is 0.466 e. The smallest absolute Gasteiger partial charge is 0.305 e. The van der Waals surface area contributed by atoms with Crippen molar-refractivity contribution in [3.05, 3.63) is 29.0 Å². The molecule has 0 radical (unpaired) electrons. The Labute approximate surface area is 125 Å². The van der Waals surface area contributed by atoms with Crippen LogP contribution in [-0.2, 0) is 20.3 Å². The highest BCUT2D eigenvalue weighted by molar-refractivity contribution is 7.85. The molecule has 0 saturated heterocycles. The fraction of sp³-hybridized carbons (Fsp3) is 0.500. The van der Waals surface area contributed by atoms with Gasteiger partial charge in [-0.3, -0.25) is 9.00 Å². The van der Waals surface area contributed by atoms with Crippen molar-refractivity contribution in [1.29, 1.82) is 0 Å². The molecule has 0 spiro atoms. The number of halogens is 2. The molecule has 20 heavy (non-hydrogen) atoms. The third kappa shape index (κ3) is 6.01. The van der Waals surface area contributed by atoms with Crippen LogP contribution in [0, 0.1) is 5.82 Å². The third-order valence-electron chi connectivity index (χ3n) is 2.67. The number of ether oxygens (including phenoxy) is 1. The molecule has 0 aliphatic carbocycles. The number of hydrogen-bond acceptors (Lipinski definition) is 3. The summed E-state index contributed by atoms with van der Waals surface area (Å²) in [6.07, 6.45) is 2.66. The maximum atomic E-state index is 13.0. The highest BCUT2D eigenvalue weighted by Gasteiger charge is 2.07. The van der Waals surface area contributed by atoms with Crippen LogP contribution >= 0.6 is 11.6 Å². The summed E-state index contributed by atoms with van der Waals surface area (Å²) in [7, 11) is -1.19. The highest BCUT2D eigenvalue weighted by atomic mass is 35.5. The van der Waals surface area contributed by atoms with Crippen molar-refractivity contribution < 1.29 is 18.1 Å². The minimum Gasteiger partial charge on any atom is -0.466 e. The van der Waals surface area contributed by atoms with E-state index in [1.807, 2.05) is 0 Å². The molecule has 0 amide bonds. The van der Waals surface area contributed by atoms with Crippen molar-refractivity contribution in [3.63, 3.8) is 0 Å². The van der Waals surface area contributed by atoms with E-state index in [4.69, 9.17) is 16.3 Å². The summed E-state index contributed by atoms with van der Waals surface area (Å²) in [5.74, 6) is -0.231. The first kappa shape index (κ1) is 17.1. The Bertz CT molecular complexity index is 479. The Balaban J connectivity index is 2.26. The molecule has 0 aliphatic heterocycles. The van der Waals surface area contributed by atoms with Crippen LogP contribution in [0.15, 0.2) is 23.1 Å². The Morgan fingerprint density at radius 1 is 1.35 bits per heavy atom. The summed E-state index contributed by atoms with van der Waals surface area (Å²) in [6.45, 7) is 2.17. The second-order valence-corrected chi connectivity index (χ2v) is 6.22. The van der Waals surface area contributed by atoms with E-state index in [9.17, 15) is 13.4 Å². The molecular weight excluding hydrogens is 303 g/mol. The summed E-state index contributed by atoms with van der Waals surface area (Å²) in [5, 5.41) is -0.0156. The average Bonchev–Trinajstić information content (AvgIpc) is 2.41. The Kier molecular flexibility index (Phi) is 7.77. The van der Waals surface area contributed by atoms with Gasteiger partial charge in [0.25, 0.3) is 0 Å². The van der Waals surface area contributed by atoms with E-state index in [1.54, 1.807) is 6.92 Å². The second kappa shape index (κ2) is 9.08. The van der Waals surface area contributed by atoms with Crippen LogP contribution in [0.1, 0.15) is 32.6 Å². The number of rotatable bonds is 8. The van der Waals surface area contributed by atoms with Gasteiger partial charge in [-0.25, -0.2) is 4.39 Å². The van der Waals surface area contributed by atoms with Crippen LogP contribution in [0.4, 0.5) is 4.39 Å². The Morgan fingerprint density at radius 3 is 2.75 bits per heavy atom. The molecule has 0 bridgehead atoms. The maximum Gasteiger partial charge on any atom is 0.305 e. The topological polar surface area (TPSA) is 43.4 Å². The third-order valence-corrected chi connectivity index (χ3v) is 4.40. The fourth-order valence-corrected chi connectivity index (χ4v) is 3.07. The van der Waals surface area contributed by atoms with Crippen molar-refractivity contribution in [2.45, 2.75) is 37.5 Å². The van der Waals surface area contributed by atoms with Crippen LogP contribution in [0.2, 0.25) is 5.02 Å². The lowest BCUT2D eigenvalue weighted by Gasteiger charge is -2.04. The first-order valence-electron chi connectivity index (χ1n) is 6.53. The lowest BCUT2D eigenvalue weighted by Crippen LogP contribution is -2.04. The lowest BCUT2D eigenvalue weighted by molar-refractivity contribution is -0.143. The zero-order valence-corrected chi connectivity index (χ0v) is 12.9. The Hall–Kier alpha value is -0.940. The molecule has 0 heterocycles. The van der Waals surface area contributed by atoms with E-state index in [1.165, 1.54) is 18.2 Å². The van der Waals surface area contributed by atoms with Gasteiger partial charge in [0.15, 0.2) is 0 Å². The summed E-state index contributed by atoms with van der Waals surface area (Å²) >= 11 is 5.65. The van der Waals surface area contributed by atoms with E-state index in [2.05, 4.69) is 0 Å². The first-order valence-corrected chi connectivity index (χ1v) is 8.23. The van der Waals surface area contributed by atoms with Gasteiger partial charge in [0.1, 0.15) is 5.82 Å². The van der Waals surface area contributed by atoms with Gasteiger partial charge in [0.05, 0.1) is 22.4 Å². The van der Waals surface area contributed by atoms with Gasteiger partial charge in [-0.1, -0.05) is 18.0 Å². The van der Waals surface area contributed by atoms with Crippen molar-refractivity contribution in [2.24, 2.45) is 0 Å². The monoisotopic (exact) mass is 320 g/mol. The van der Waals surface area contributed by atoms with Crippen LogP contribution in [0.5, 0.6) is 0 Å². The molecule has 6 heteroatoms. The molecule has 1 aromatic carbocycles. The normalized spacial score (nSPS) is 12.2. The molecule has 0 N–H and O–H groups in total. The lowest BCUT2D eigenvalue weighted by atomic mass is 10.2. The molecular formula is C14H18ClFO3S. The average molecular weight is 321 g/mol. The van der Waals surface area contributed by atoms with E-state index in [-0.39, 0.29) is 11.0 Å². The molecule has 0 aliphatic rings. The summed E-state index contributed by atoms with van der Waals surface area (Å²) < 4.78 is 29.7. The van der Waals surface area contributed by atoms with E-state index in [0.29, 0.717) is 23.7 Å². The molecule has 1 aromatic rings. The molecule has 0 aromatic heterocycles. The van der Waals surface area contributed by atoms with Crippen LogP contribution < -0.4 is 0 Å². The number of esters is 1. The summed E-state index contributed by atoms with van der Waals surface area (Å²) in [6, 6.07) is 4.10. The predicted molar refractivity (Wildman–Crippen MR) is 77.8 cm³/mol. The molecule has 1 rings (SSSR count). The van der Waals surface area contributed by atoms with Crippen molar-refractivity contribution >= 4 is 28.4 Å². The number of benzene rings is 1. The molecule has 1 atom stereocenters. The first-order chi connectivity index (χ1) is 9.54. The minimum atomic E-state index is -1.19. The molecule has 0 saturated carbocycles. The highest BCUT2D eigenvalue weighted by Crippen LogP contribution is 2.19. The molecule has 1 unspecified atom stereocenters. The van der Waals surface area contributed by atoms with Crippen molar-refractivity contribution in [1.82, 2.24) is 0 Å². The van der Waals surface area contributed by atoms with Crippen LogP contribution in [0.25, 0.3) is 0 Å². The fourth-order valence-electron chi connectivity index (χ4n) is 1.65. The van der Waals surface area contributed by atoms with Gasteiger partial charge < -0.3 is 4.74 Å². The van der Waals surface area contributed by atoms with Gasteiger partial charge in [-0.2, -0.15) is 0 Å². The molecule has 112 valence electrons. The van der Waals surface area contributed by atoms with E-state index in [0.717, 1.165) is 19.3 Å². The quantitative estimate of drug-likeness (QED) is 0.541. The van der Waals surface area contributed by atoms with Gasteiger partial charge in [-0.15, -0.1) is 0 Å². The second-order valence-electron chi connectivity index (χ2n) is 4.24. The SMILES string of the molecule is CCOC(=O)CCCCCS(=O)c1ccc(F)c(Cl)c1. The number of unbranched alkanes of at least 4 members (excludes halogenated alkanes) is 2.